The van der Waals surface area contributed by atoms with Crippen molar-refractivity contribution in [3.63, 3.8) is 0 Å². The molecule has 1 rings (SSSR count). The molecule has 0 saturated heterocycles. The largest absolute Gasteiger partial charge is 0.471 e. The van der Waals surface area contributed by atoms with Crippen molar-refractivity contribution in [3.8, 4) is 5.88 Å². The van der Waals surface area contributed by atoms with Gasteiger partial charge in [0.05, 0.1) is 18.4 Å². The molecule has 0 aliphatic carbocycles. The van der Waals surface area contributed by atoms with E-state index in [9.17, 15) is 22.4 Å². The fourth-order valence-electron chi connectivity index (χ4n) is 1.14. The van der Waals surface area contributed by atoms with Crippen LogP contribution >= 0.6 is 12.4 Å². The lowest BCUT2D eigenvalue weighted by atomic mass is 10.4. The number of nitrogens with zero attached hydrogens (tertiary/aromatic N) is 1. The van der Waals surface area contributed by atoms with Crippen LogP contribution in [0.1, 0.15) is 0 Å². The lowest BCUT2D eigenvalue weighted by molar-refractivity contribution is -0.148. The zero-order valence-corrected chi connectivity index (χ0v) is 11.7. The summed E-state index contributed by atoms with van der Waals surface area (Å²) in [5, 5.41) is 5.11. The van der Waals surface area contributed by atoms with Crippen molar-refractivity contribution in [3.05, 3.63) is 18.3 Å². The van der Waals surface area contributed by atoms with Crippen LogP contribution in [0.3, 0.4) is 0 Å². The van der Waals surface area contributed by atoms with Gasteiger partial charge in [-0.05, 0) is 13.1 Å². The molecule has 0 spiro atoms. The van der Waals surface area contributed by atoms with Gasteiger partial charge in [0.25, 0.3) is 0 Å². The van der Waals surface area contributed by atoms with E-state index < -0.39 is 19.0 Å². The molecule has 5 nitrogen and oxygen atoms in total. The zero-order valence-electron chi connectivity index (χ0n) is 10.9. The molecule has 1 amide bonds. The molecule has 0 aliphatic heterocycles. The molecular formula is C11H14ClF4N3O2. The molecule has 120 valence electrons. The van der Waals surface area contributed by atoms with E-state index in [4.69, 9.17) is 0 Å². The van der Waals surface area contributed by atoms with E-state index >= 15 is 0 Å². The molecule has 1 heterocycles. The van der Waals surface area contributed by atoms with Gasteiger partial charge in [-0.2, -0.15) is 8.78 Å². The SMILES string of the molecule is CNCC(=O)Nc1ccc(OCC(F)(F)C(F)F)nc1.Cl. The molecule has 0 saturated carbocycles. The van der Waals surface area contributed by atoms with Crippen LogP contribution < -0.4 is 15.4 Å². The summed E-state index contributed by atoms with van der Waals surface area (Å²) in [6, 6.07) is 2.55. The van der Waals surface area contributed by atoms with Crippen LogP contribution in [0.4, 0.5) is 23.2 Å². The van der Waals surface area contributed by atoms with Gasteiger partial charge in [-0.3, -0.25) is 4.79 Å². The number of halogens is 5. The summed E-state index contributed by atoms with van der Waals surface area (Å²) in [5.74, 6) is -4.79. The first-order chi connectivity index (χ1) is 9.35. The highest BCUT2D eigenvalue weighted by atomic mass is 35.5. The van der Waals surface area contributed by atoms with Gasteiger partial charge in [-0.1, -0.05) is 0 Å². The molecule has 21 heavy (non-hydrogen) atoms. The number of rotatable bonds is 7. The van der Waals surface area contributed by atoms with Gasteiger partial charge < -0.3 is 15.4 Å². The molecule has 0 atom stereocenters. The van der Waals surface area contributed by atoms with E-state index in [2.05, 4.69) is 20.4 Å². The summed E-state index contributed by atoms with van der Waals surface area (Å²) < 4.78 is 53.5. The molecule has 0 fully saturated rings. The minimum atomic E-state index is -4.23. The van der Waals surface area contributed by atoms with Gasteiger partial charge in [0, 0.05) is 6.07 Å². The number of likely N-dealkylation sites (N-methyl/N-ethyl adjacent to an activating group) is 1. The molecule has 0 aliphatic rings. The molecule has 0 radical (unpaired) electrons. The van der Waals surface area contributed by atoms with Crippen LogP contribution in [0.2, 0.25) is 0 Å². The third kappa shape index (κ3) is 6.58. The van der Waals surface area contributed by atoms with Crippen molar-refractivity contribution < 1.29 is 27.1 Å². The Hall–Kier alpha value is -1.61. The van der Waals surface area contributed by atoms with Crippen molar-refractivity contribution in [1.82, 2.24) is 10.3 Å². The number of aromatic nitrogens is 1. The summed E-state index contributed by atoms with van der Waals surface area (Å²) in [4.78, 5) is 14.8. The Balaban J connectivity index is 0.00000400. The number of pyridine rings is 1. The smallest absolute Gasteiger partial charge is 0.340 e. The second kappa shape index (κ2) is 8.63. The normalized spacial score (nSPS) is 11.0. The molecule has 0 bridgehead atoms. The zero-order chi connectivity index (χ0) is 15.2. The van der Waals surface area contributed by atoms with E-state index in [1.54, 1.807) is 7.05 Å². The molecule has 1 aromatic heterocycles. The summed E-state index contributed by atoms with van der Waals surface area (Å²) >= 11 is 0. The fraction of sp³-hybridized carbons (Fsp3) is 0.455. The quantitative estimate of drug-likeness (QED) is 0.750. The first-order valence-electron chi connectivity index (χ1n) is 5.54. The Morgan fingerprint density at radius 1 is 1.43 bits per heavy atom. The Morgan fingerprint density at radius 3 is 2.57 bits per heavy atom. The van der Waals surface area contributed by atoms with Crippen LogP contribution in [0.15, 0.2) is 18.3 Å². The number of anilines is 1. The first kappa shape index (κ1) is 19.4. The van der Waals surface area contributed by atoms with Gasteiger partial charge in [0.1, 0.15) is 0 Å². The second-order valence-electron chi connectivity index (χ2n) is 3.81. The van der Waals surface area contributed by atoms with Crippen LogP contribution in [0.25, 0.3) is 0 Å². The Morgan fingerprint density at radius 2 is 2.10 bits per heavy atom. The summed E-state index contributed by atoms with van der Waals surface area (Å²) in [6.45, 7) is -1.37. The highest BCUT2D eigenvalue weighted by Crippen LogP contribution is 2.23. The minimum Gasteiger partial charge on any atom is -0.471 e. The highest BCUT2D eigenvalue weighted by molar-refractivity contribution is 5.92. The van der Waals surface area contributed by atoms with Crippen molar-refractivity contribution >= 4 is 24.0 Å². The number of carbonyl (C=O) groups is 1. The topological polar surface area (TPSA) is 63.2 Å². The average molecular weight is 332 g/mol. The number of alkyl halides is 4. The molecule has 10 heteroatoms. The van der Waals surface area contributed by atoms with Crippen molar-refractivity contribution in [2.75, 3.05) is 25.5 Å². The first-order valence-corrected chi connectivity index (χ1v) is 5.54. The summed E-state index contributed by atoms with van der Waals surface area (Å²) in [6.07, 6.45) is -2.63. The predicted octanol–water partition coefficient (Wildman–Crippen LogP) is 1.94. The van der Waals surface area contributed by atoms with E-state index in [1.165, 1.54) is 18.3 Å². The van der Waals surface area contributed by atoms with Crippen molar-refractivity contribution in [2.45, 2.75) is 12.3 Å². The lowest BCUT2D eigenvalue weighted by Gasteiger charge is -2.15. The maximum Gasteiger partial charge on any atom is 0.340 e. The van der Waals surface area contributed by atoms with Gasteiger partial charge in [0.15, 0.2) is 6.61 Å². The maximum atomic E-state index is 12.6. The van der Waals surface area contributed by atoms with Crippen LogP contribution in [-0.4, -0.2) is 43.4 Å². The molecule has 1 aromatic rings. The van der Waals surface area contributed by atoms with E-state index in [1.807, 2.05) is 0 Å². The fourth-order valence-corrected chi connectivity index (χ4v) is 1.14. The minimum absolute atomic E-state index is 0. The molecule has 0 unspecified atom stereocenters. The highest BCUT2D eigenvalue weighted by Gasteiger charge is 2.41. The number of carbonyl (C=O) groups excluding carboxylic acids is 1. The Kier molecular flexibility index (Phi) is 7.97. The predicted molar refractivity (Wildman–Crippen MR) is 70.5 cm³/mol. The molecule has 2 N–H and O–H groups in total. The summed E-state index contributed by atoms with van der Waals surface area (Å²) in [5.41, 5.74) is 0.332. The standard InChI is InChI=1S/C11H13F4N3O2.ClH/c1-16-5-8(19)18-7-2-3-9(17-4-7)20-6-11(14,15)10(12)13;/h2-4,10,16H,5-6H2,1H3,(H,18,19);1H. The summed E-state index contributed by atoms with van der Waals surface area (Å²) in [7, 11) is 1.60. The Bertz CT molecular complexity index is 446. The Labute approximate surface area is 124 Å². The molecular weight excluding hydrogens is 318 g/mol. The van der Waals surface area contributed by atoms with Crippen molar-refractivity contribution in [1.29, 1.82) is 0 Å². The third-order valence-corrected chi connectivity index (χ3v) is 2.09. The maximum absolute atomic E-state index is 12.6. The second-order valence-corrected chi connectivity index (χ2v) is 3.81. The van der Waals surface area contributed by atoms with Gasteiger partial charge in [-0.25, -0.2) is 13.8 Å². The average Bonchev–Trinajstić information content (AvgIpc) is 2.38. The molecule has 0 aromatic carbocycles. The number of nitrogens with one attached hydrogen (secondary N) is 2. The number of hydrogen-bond acceptors (Lipinski definition) is 4. The van der Waals surface area contributed by atoms with E-state index in [0.29, 0.717) is 5.69 Å². The van der Waals surface area contributed by atoms with E-state index in [0.717, 1.165) is 0 Å². The number of amides is 1. The van der Waals surface area contributed by atoms with Crippen LogP contribution in [-0.2, 0) is 4.79 Å². The number of hydrogen-bond donors (Lipinski definition) is 2. The van der Waals surface area contributed by atoms with Crippen LogP contribution in [0.5, 0.6) is 5.88 Å². The van der Waals surface area contributed by atoms with Crippen LogP contribution in [0, 0.1) is 0 Å². The van der Waals surface area contributed by atoms with Gasteiger partial charge in [0.2, 0.25) is 11.8 Å². The van der Waals surface area contributed by atoms with Gasteiger partial charge >= 0.3 is 12.3 Å². The van der Waals surface area contributed by atoms with Crippen molar-refractivity contribution in [2.24, 2.45) is 0 Å². The van der Waals surface area contributed by atoms with Gasteiger partial charge in [-0.15, -0.1) is 12.4 Å². The number of ether oxygens (including phenoxy) is 1. The lowest BCUT2D eigenvalue weighted by Crippen LogP contribution is -2.33. The monoisotopic (exact) mass is 331 g/mol. The third-order valence-electron chi connectivity index (χ3n) is 2.09. The van der Waals surface area contributed by atoms with E-state index in [-0.39, 0.29) is 30.7 Å².